The van der Waals surface area contributed by atoms with Crippen LogP contribution in [0.5, 0.6) is 0 Å². The first-order valence-corrected chi connectivity index (χ1v) is 6.04. The molecule has 0 radical (unpaired) electrons. The number of hydrogen-bond donors (Lipinski definition) is 1. The SMILES string of the molecule is CC1CNCCN1Cc1cnc(Cl)nc1Cl. The van der Waals surface area contributed by atoms with E-state index in [1.165, 1.54) is 0 Å². The van der Waals surface area contributed by atoms with E-state index in [-0.39, 0.29) is 5.28 Å². The van der Waals surface area contributed by atoms with Crippen LogP contribution in [0, 0.1) is 0 Å². The predicted octanol–water partition coefficient (Wildman–Crippen LogP) is 1.58. The molecule has 4 nitrogen and oxygen atoms in total. The van der Waals surface area contributed by atoms with E-state index < -0.39 is 0 Å². The molecule has 0 aromatic carbocycles. The zero-order chi connectivity index (χ0) is 11.5. The van der Waals surface area contributed by atoms with Gasteiger partial charge in [0.15, 0.2) is 0 Å². The van der Waals surface area contributed by atoms with Crippen molar-refractivity contribution < 1.29 is 0 Å². The molecule has 2 rings (SSSR count). The van der Waals surface area contributed by atoms with E-state index in [0.29, 0.717) is 11.2 Å². The Morgan fingerprint density at radius 2 is 2.38 bits per heavy atom. The highest BCUT2D eigenvalue weighted by atomic mass is 35.5. The van der Waals surface area contributed by atoms with Gasteiger partial charge in [-0.1, -0.05) is 11.6 Å². The van der Waals surface area contributed by atoms with Crippen molar-refractivity contribution >= 4 is 23.2 Å². The van der Waals surface area contributed by atoms with Gasteiger partial charge in [0.05, 0.1) is 0 Å². The van der Waals surface area contributed by atoms with Gasteiger partial charge in [0.25, 0.3) is 0 Å². The lowest BCUT2D eigenvalue weighted by atomic mass is 10.2. The summed E-state index contributed by atoms with van der Waals surface area (Å²) in [6.45, 7) is 6.00. The van der Waals surface area contributed by atoms with Gasteiger partial charge in [0, 0.05) is 44.0 Å². The van der Waals surface area contributed by atoms with E-state index >= 15 is 0 Å². The van der Waals surface area contributed by atoms with E-state index in [2.05, 4.69) is 27.1 Å². The maximum atomic E-state index is 6.02. The highest BCUT2D eigenvalue weighted by Crippen LogP contribution is 2.17. The van der Waals surface area contributed by atoms with Crippen LogP contribution in [-0.4, -0.2) is 40.5 Å². The Hall–Kier alpha value is -0.420. The lowest BCUT2D eigenvalue weighted by molar-refractivity contribution is 0.165. The molecule has 6 heteroatoms. The fourth-order valence-corrected chi connectivity index (χ4v) is 2.17. The van der Waals surface area contributed by atoms with Crippen molar-refractivity contribution in [3.8, 4) is 0 Å². The van der Waals surface area contributed by atoms with E-state index in [1.54, 1.807) is 6.20 Å². The molecule has 16 heavy (non-hydrogen) atoms. The molecule has 0 amide bonds. The van der Waals surface area contributed by atoms with Gasteiger partial charge in [0.2, 0.25) is 5.28 Å². The minimum Gasteiger partial charge on any atom is -0.314 e. The fourth-order valence-electron chi connectivity index (χ4n) is 1.81. The Kier molecular flexibility index (Phi) is 3.97. The largest absolute Gasteiger partial charge is 0.314 e. The molecule has 1 unspecified atom stereocenters. The number of nitrogens with one attached hydrogen (secondary N) is 1. The number of rotatable bonds is 2. The van der Waals surface area contributed by atoms with Crippen LogP contribution in [0.3, 0.4) is 0 Å². The highest BCUT2D eigenvalue weighted by molar-refractivity contribution is 6.32. The third-order valence-electron chi connectivity index (χ3n) is 2.79. The Labute approximate surface area is 105 Å². The van der Waals surface area contributed by atoms with Crippen LogP contribution in [0.25, 0.3) is 0 Å². The van der Waals surface area contributed by atoms with E-state index in [0.717, 1.165) is 31.7 Å². The predicted molar refractivity (Wildman–Crippen MR) is 64.8 cm³/mol. The second-order valence-electron chi connectivity index (χ2n) is 3.98. The number of halogens is 2. The molecule has 1 atom stereocenters. The van der Waals surface area contributed by atoms with E-state index in [1.807, 2.05) is 0 Å². The van der Waals surface area contributed by atoms with Crippen molar-refractivity contribution in [1.82, 2.24) is 20.2 Å². The van der Waals surface area contributed by atoms with Gasteiger partial charge in [-0.05, 0) is 18.5 Å². The van der Waals surface area contributed by atoms with Crippen LogP contribution in [0.1, 0.15) is 12.5 Å². The zero-order valence-electron chi connectivity index (χ0n) is 9.08. The maximum Gasteiger partial charge on any atom is 0.223 e. The summed E-state index contributed by atoms with van der Waals surface area (Å²) in [4.78, 5) is 10.3. The summed E-state index contributed by atoms with van der Waals surface area (Å²) in [7, 11) is 0. The van der Waals surface area contributed by atoms with Gasteiger partial charge in [0.1, 0.15) is 5.15 Å². The Morgan fingerprint density at radius 3 is 3.06 bits per heavy atom. The molecule has 1 aromatic rings. The van der Waals surface area contributed by atoms with Gasteiger partial charge in [-0.25, -0.2) is 9.97 Å². The molecule has 2 heterocycles. The second kappa shape index (κ2) is 5.27. The minimum atomic E-state index is 0.196. The number of nitrogens with zero attached hydrogens (tertiary/aromatic N) is 3. The van der Waals surface area contributed by atoms with Crippen LogP contribution in [0.15, 0.2) is 6.20 Å². The molecule has 0 aliphatic carbocycles. The first-order valence-electron chi connectivity index (χ1n) is 5.28. The fraction of sp³-hybridized carbons (Fsp3) is 0.600. The summed E-state index contributed by atoms with van der Waals surface area (Å²) in [6, 6.07) is 0.500. The van der Waals surface area contributed by atoms with Crippen molar-refractivity contribution in [3.05, 3.63) is 22.2 Å². The van der Waals surface area contributed by atoms with Gasteiger partial charge in [-0.2, -0.15) is 0 Å². The number of aromatic nitrogens is 2. The smallest absolute Gasteiger partial charge is 0.223 e. The van der Waals surface area contributed by atoms with Crippen molar-refractivity contribution in [2.24, 2.45) is 0 Å². The molecule has 1 aliphatic rings. The number of piperazine rings is 1. The molecule has 1 aliphatic heterocycles. The summed E-state index contributed by atoms with van der Waals surface area (Å²) in [6.07, 6.45) is 1.70. The molecule has 88 valence electrons. The average Bonchev–Trinajstić information content (AvgIpc) is 2.25. The lowest BCUT2D eigenvalue weighted by Crippen LogP contribution is -2.49. The first-order chi connectivity index (χ1) is 7.66. The van der Waals surface area contributed by atoms with Crippen LogP contribution >= 0.6 is 23.2 Å². The summed E-state index contributed by atoms with van der Waals surface area (Å²) in [5.41, 5.74) is 0.930. The third-order valence-corrected chi connectivity index (χ3v) is 3.30. The molecule has 0 saturated carbocycles. The van der Waals surface area contributed by atoms with Gasteiger partial charge in [-0.15, -0.1) is 0 Å². The molecule has 1 aromatic heterocycles. The molecule has 1 fully saturated rings. The average molecular weight is 261 g/mol. The Morgan fingerprint density at radius 1 is 1.56 bits per heavy atom. The summed E-state index contributed by atoms with van der Waals surface area (Å²) in [5, 5.41) is 3.99. The topological polar surface area (TPSA) is 41.0 Å². The summed E-state index contributed by atoms with van der Waals surface area (Å²) in [5.74, 6) is 0. The van der Waals surface area contributed by atoms with Gasteiger partial charge in [-0.3, -0.25) is 4.90 Å². The van der Waals surface area contributed by atoms with Crippen LogP contribution < -0.4 is 5.32 Å². The second-order valence-corrected chi connectivity index (χ2v) is 4.67. The first kappa shape index (κ1) is 12.0. The standard InChI is InChI=1S/C10H14Cl2N4/c1-7-4-13-2-3-16(7)6-8-5-14-10(12)15-9(8)11/h5,7,13H,2-4,6H2,1H3. The molecule has 0 bridgehead atoms. The molecular formula is C10H14Cl2N4. The molecular weight excluding hydrogens is 247 g/mol. The van der Waals surface area contributed by atoms with Gasteiger partial charge < -0.3 is 5.32 Å². The van der Waals surface area contributed by atoms with E-state index in [9.17, 15) is 0 Å². The van der Waals surface area contributed by atoms with Gasteiger partial charge >= 0.3 is 0 Å². The normalized spacial score (nSPS) is 22.3. The Bertz CT molecular complexity index is 372. The summed E-state index contributed by atoms with van der Waals surface area (Å²) < 4.78 is 0. The van der Waals surface area contributed by atoms with Crippen LogP contribution in [-0.2, 0) is 6.54 Å². The van der Waals surface area contributed by atoms with Crippen molar-refractivity contribution in [3.63, 3.8) is 0 Å². The molecule has 1 N–H and O–H groups in total. The highest BCUT2D eigenvalue weighted by Gasteiger charge is 2.19. The van der Waals surface area contributed by atoms with Crippen LogP contribution in [0.2, 0.25) is 10.4 Å². The van der Waals surface area contributed by atoms with Crippen molar-refractivity contribution in [2.75, 3.05) is 19.6 Å². The number of hydrogen-bond acceptors (Lipinski definition) is 4. The molecule has 1 saturated heterocycles. The van der Waals surface area contributed by atoms with Crippen molar-refractivity contribution in [1.29, 1.82) is 0 Å². The van der Waals surface area contributed by atoms with E-state index in [4.69, 9.17) is 23.2 Å². The Balaban J connectivity index is 2.07. The summed E-state index contributed by atoms with van der Waals surface area (Å²) >= 11 is 11.7. The minimum absolute atomic E-state index is 0.196. The monoisotopic (exact) mass is 260 g/mol. The maximum absolute atomic E-state index is 6.02. The van der Waals surface area contributed by atoms with Crippen molar-refractivity contribution in [2.45, 2.75) is 19.5 Å². The quantitative estimate of drug-likeness (QED) is 0.648. The van der Waals surface area contributed by atoms with Crippen LogP contribution in [0.4, 0.5) is 0 Å². The molecule has 0 spiro atoms. The third kappa shape index (κ3) is 2.83. The zero-order valence-corrected chi connectivity index (χ0v) is 10.6. The lowest BCUT2D eigenvalue weighted by Gasteiger charge is -2.33.